The normalized spacial score (nSPS) is 17.6. The van der Waals surface area contributed by atoms with Crippen molar-refractivity contribution < 1.29 is 33.0 Å². The number of para-hydroxylation sites is 1. The number of amides is 2. The van der Waals surface area contributed by atoms with Crippen LogP contribution in [0.15, 0.2) is 82.4 Å². The van der Waals surface area contributed by atoms with Gasteiger partial charge >= 0.3 is 5.97 Å². The Bertz CT molecular complexity index is 1460. The van der Waals surface area contributed by atoms with E-state index >= 15 is 0 Å². The van der Waals surface area contributed by atoms with Crippen LogP contribution in [0.4, 0.5) is 0 Å². The third kappa shape index (κ3) is 7.52. The molecule has 3 heterocycles. The molecular weight excluding hydrogens is 550 g/mol. The summed E-state index contributed by atoms with van der Waals surface area (Å²) < 4.78 is 22.6. The van der Waals surface area contributed by atoms with Gasteiger partial charge in [-0.2, -0.15) is 0 Å². The van der Waals surface area contributed by atoms with Crippen molar-refractivity contribution in [2.75, 3.05) is 46.0 Å². The van der Waals surface area contributed by atoms with Gasteiger partial charge in [0.15, 0.2) is 5.76 Å². The van der Waals surface area contributed by atoms with Crippen molar-refractivity contribution >= 4 is 17.8 Å². The Kier molecular flexibility index (Phi) is 9.91. The van der Waals surface area contributed by atoms with Crippen LogP contribution in [0.2, 0.25) is 0 Å². The summed E-state index contributed by atoms with van der Waals surface area (Å²) in [4.78, 5) is 43.2. The van der Waals surface area contributed by atoms with Crippen LogP contribution in [-0.2, 0) is 25.6 Å². The monoisotopic (exact) mass is 587 g/mol. The van der Waals surface area contributed by atoms with Gasteiger partial charge in [0.25, 0.3) is 5.91 Å². The van der Waals surface area contributed by atoms with Crippen molar-refractivity contribution in [2.45, 2.75) is 32.7 Å². The molecule has 5 rings (SSSR count). The Labute approximate surface area is 251 Å². The predicted molar refractivity (Wildman–Crippen MR) is 158 cm³/mol. The van der Waals surface area contributed by atoms with E-state index in [2.05, 4.69) is 10.2 Å². The third-order valence-corrected chi connectivity index (χ3v) is 7.57. The lowest BCUT2D eigenvalue weighted by Gasteiger charge is -2.34. The van der Waals surface area contributed by atoms with E-state index in [9.17, 15) is 14.4 Å². The molecule has 1 N–H and O–H groups in total. The van der Waals surface area contributed by atoms with Crippen LogP contribution < -0.4 is 10.1 Å². The molecule has 0 radical (unpaired) electrons. The lowest BCUT2D eigenvalue weighted by molar-refractivity contribution is -0.140. The number of esters is 1. The van der Waals surface area contributed by atoms with Crippen LogP contribution in [0.5, 0.6) is 11.5 Å². The summed E-state index contributed by atoms with van der Waals surface area (Å²) in [6, 6.07) is 20.1. The van der Waals surface area contributed by atoms with Crippen molar-refractivity contribution in [1.82, 2.24) is 15.1 Å². The van der Waals surface area contributed by atoms with Crippen molar-refractivity contribution in [3.05, 3.63) is 95.1 Å². The highest BCUT2D eigenvalue weighted by atomic mass is 16.5. The van der Waals surface area contributed by atoms with Gasteiger partial charge in [0.2, 0.25) is 5.91 Å². The number of hydrogen-bond acceptors (Lipinski definition) is 8. The maximum atomic E-state index is 13.5. The SMILES string of the molecule is CCOC(=O)C1=C(C)N(Cc2ccc(C(=O)NCCN3CCOCC3)o2)C(=O)CC1c1cccc(Oc2ccccc2)c1. The summed E-state index contributed by atoms with van der Waals surface area (Å²) in [6.07, 6.45) is 0.0653. The Morgan fingerprint density at radius 3 is 2.53 bits per heavy atom. The van der Waals surface area contributed by atoms with Crippen LogP contribution in [0.25, 0.3) is 0 Å². The summed E-state index contributed by atoms with van der Waals surface area (Å²) in [5.74, 6) is 0.424. The molecule has 1 atom stereocenters. The molecule has 1 aromatic heterocycles. The molecule has 0 bridgehead atoms. The van der Waals surface area contributed by atoms with Gasteiger partial charge in [-0.15, -0.1) is 0 Å². The van der Waals surface area contributed by atoms with Gasteiger partial charge in [-0.3, -0.25) is 14.5 Å². The van der Waals surface area contributed by atoms with Gasteiger partial charge in [0.1, 0.15) is 17.3 Å². The van der Waals surface area contributed by atoms with E-state index in [4.69, 9.17) is 18.6 Å². The highest BCUT2D eigenvalue weighted by molar-refractivity contribution is 5.96. The number of furan rings is 1. The molecule has 0 saturated carbocycles. The first kappa shape index (κ1) is 30.1. The Hall–Kier alpha value is -4.41. The van der Waals surface area contributed by atoms with E-state index in [-0.39, 0.29) is 37.1 Å². The molecule has 226 valence electrons. The van der Waals surface area contributed by atoms with Gasteiger partial charge in [0.05, 0.1) is 31.9 Å². The van der Waals surface area contributed by atoms with Crippen LogP contribution in [-0.4, -0.2) is 73.6 Å². The van der Waals surface area contributed by atoms with E-state index in [1.54, 1.807) is 26.0 Å². The first-order valence-electron chi connectivity index (χ1n) is 14.6. The van der Waals surface area contributed by atoms with Crippen molar-refractivity contribution in [2.24, 2.45) is 0 Å². The lowest BCUT2D eigenvalue weighted by atomic mass is 9.83. The first-order chi connectivity index (χ1) is 20.9. The number of benzene rings is 2. The molecular formula is C33H37N3O7. The van der Waals surface area contributed by atoms with Crippen molar-refractivity contribution in [3.63, 3.8) is 0 Å². The predicted octanol–water partition coefficient (Wildman–Crippen LogP) is 4.49. The zero-order chi connectivity index (χ0) is 30.2. The third-order valence-electron chi connectivity index (χ3n) is 7.57. The number of carbonyl (C=O) groups is 3. The van der Waals surface area contributed by atoms with E-state index in [0.29, 0.717) is 48.3 Å². The summed E-state index contributed by atoms with van der Waals surface area (Å²) in [5.41, 5.74) is 1.67. The van der Waals surface area contributed by atoms with Gasteiger partial charge < -0.3 is 28.8 Å². The number of nitrogens with one attached hydrogen (secondary N) is 1. The van der Waals surface area contributed by atoms with Gasteiger partial charge in [-0.1, -0.05) is 30.3 Å². The number of allylic oxidation sites excluding steroid dienone is 1. The second kappa shape index (κ2) is 14.2. The van der Waals surface area contributed by atoms with Crippen molar-refractivity contribution in [1.29, 1.82) is 0 Å². The second-order valence-electron chi connectivity index (χ2n) is 10.4. The number of ether oxygens (including phenoxy) is 3. The molecule has 2 aliphatic rings. The molecule has 43 heavy (non-hydrogen) atoms. The second-order valence-corrected chi connectivity index (χ2v) is 10.4. The number of hydrogen-bond donors (Lipinski definition) is 1. The molecule has 1 unspecified atom stereocenters. The Morgan fingerprint density at radius 1 is 1.00 bits per heavy atom. The minimum atomic E-state index is -0.508. The highest BCUT2D eigenvalue weighted by Crippen LogP contribution is 2.39. The maximum Gasteiger partial charge on any atom is 0.336 e. The van der Waals surface area contributed by atoms with Crippen molar-refractivity contribution in [3.8, 4) is 11.5 Å². The summed E-state index contributed by atoms with van der Waals surface area (Å²) in [7, 11) is 0. The topological polar surface area (TPSA) is 111 Å². The highest BCUT2D eigenvalue weighted by Gasteiger charge is 2.37. The summed E-state index contributed by atoms with van der Waals surface area (Å²) in [5, 5.41) is 2.88. The zero-order valence-electron chi connectivity index (χ0n) is 24.5. The average Bonchev–Trinajstić information content (AvgIpc) is 3.49. The fourth-order valence-corrected chi connectivity index (χ4v) is 5.36. The molecule has 2 amide bonds. The van der Waals surface area contributed by atoms with Crippen LogP contribution in [0, 0.1) is 0 Å². The lowest BCUT2D eigenvalue weighted by Crippen LogP contribution is -2.41. The van der Waals surface area contributed by atoms with E-state index in [1.165, 1.54) is 4.90 Å². The molecule has 2 aromatic carbocycles. The molecule has 2 aliphatic heterocycles. The molecule has 1 saturated heterocycles. The first-order valence-corrected chi connectivity index (χ1v) is 14.6. The largest absolute Gasteiger partial charge is 0.463 e. The van der Waals surface area contributed by atoms with Gasteiger partial charge in [0, 0.05) is 44.2 Å². The summed E-state index contributed by atoms with van der Waals surface area (Å²) >= 11 is 0. The van der Waals surface area contributed by atoms with Crippen LogP contribution in [0.3, 0.4) is 0 Å². The van der Waals surface area contributed by atoms with E-state index in [1.807, 2.05) is 54.6 Å². The van der Waals surface area contributed by atoms with Gasteiger partial charge in [-0.05, 0) is 55.8 Å². The van der Waals surface area contributed by atoms with Gasteiger partial charge in [-0.25, -0.2) is 4.79 Å². The standard InChI is InChI=1S/C33H37N3O7/c1-3-41-33(39)31-23(2)36(22-27-12-13-29(43-27)32(38)34-14-15-35-16-18-40-19-17-35)30(37)21-28(31)24-8-7-11-26(20-24)42-25-9-5-4-6-10-25/h4-13,20,28H,3,14-19,21-22H2,1-2H3,(H,34,38). The Balaban J connectivity index is 1.31. The minimum absolute atomic E-state index is 0.0653. The molecule has 0 spiro atoms. The van der Waals surface area contributed by atoms with Crippen LogP contribution >= 0.6 is 0 Å². The fourth-order valence-electron chi connectivity index (χ4n) is 5.36. The maximum absolute atomic E-state index is 13.5. The summed E-state index contributed by atoms with van der Waals surface area (Å²) in [6.45, 7) is 8.09. The van der Waals surface area contributed by atoms with E-state index in [0.717, 1.165) is 25.2 Å². The smallest absolute Gasteiger partial charge is 0.336 e. The minimum Gasteiger partial charge on any atom is -0.463 e. The molecule has 3 aromatic rings. The Morgan fingerprint density at radius 2 is 1.77 bits per heavy atom. The number of morpholine rings is 1. The molecule has 1 fully saturated rings. The quantitative estimate of drug-likeness (QED) is 0.327. The molecule has 10 heteroatoms. The average molecular weight is 588 g/mol. The molecule has 10 nitrogen and oxygen atoms in total. The number of nitrogens with zero attached hydrogens (tertiary/aromatic N) is 2. The number of carbonyl (C=O) groups excluding carboxylic acids is 3. The zero-order valence-corrected chi connectivity index (χ0v) is 24.5. The van der Waals surface area contributed by atoms with E-state index < -0.39 is 11.9 Å². The number of rotatable bonds is 11. The van der Waals surface area contributed by atoms with Crippen LogP contribution in [0.1, 0.15) is 48.1 Å². The molecule has 0 aliphatic carbocycles. The fraction of sp³-hybridized carbons (Fsp3) is 0.364.